The van der Waals surface area contributed by atoms with Gasteiger partial charge in [0.1, 0.15) is 0 Å². The number of hydrogen-bond donors (Lipinski definition) is 3. The van der Waals surface area contributed by atoms with Crippen molar-refractivity contribution in [2.45, 2.75) is 0 Å². The first kappa shape index (κ1) is 11.0. The third-order valence-corrected chi connectivity index (χ3v) is 0.388. The summed E-state index contributed by atoms with van der Waals surface area (Å²) in [5.41, 5.74) is 0. The summed E-state index contributed by atoms with van der Waals surface area (Å²) in [4.78, 5) is 9.58. The maximum absolute atomic E-state index is 9.58. The summed E-state index contributed by atoms with van der Waals surface area (Å²) in [5.74, 6) is -0.964. The Bertz CT molecular complexity index is 74.8. The summed E-state index contributed by atoms with van der Waals surface area (Å²) in [5, 5.41) is 18.0. The van der Waals surface area contributed by atoms with E-state index >= 15 is 0 Å². The molecule has 0 aromatic heterocycles. The predicted molar refractivity (Wildman–Crippen MR) is 30.7 cm³/mol. The largest absolute Gasteiger partial charge is 2.00 e. The molecule has 0 saturated heterocycles. The fourth-order valence-electron chi connectivity index (χ4n) is 0.163. The minimum atomic E-state index is -0.964. The van der Waals surface area contributed by atoms with Crippen molar-refractivity contribution in [2.75, 3.05) is 13.3 Å². The molecule has 4 nitrogen and oxygen atoms in total. The van der Waals surface area contributed by atoms with Gasteiger partial charge < -0.3 is 13.1 Å². The van der Waals surface area contributed by atoms with Crippen molar-refractivity contribution in [3.8, 4) is 0 Å². The van der Waals surface area contributed by atoms with Crippen LogP contribution in [-0.2, 0) is 4.79 Å². The first-order valence-corrected chi connectivity index (χ1v) is 1.80. The number of nitrogens with one attached hydrogen (secondary N) is 1. The van der Waals surface area contributed by atoms with Crippen molar-refractivity contribution in [3.63, 3.8) is 0 Å². The molecule has 5 heteroatoms. The van der Waals surface area contributed by atoms with Gasteiger partial charge in [0.05, 0.1) is 13.3 Å². The van der Waals surface area contributed by atoms with Crippen LogP contribution in [0.2, 0.25) is 0 Å². The van der Waals surface area contributed by atoms with Gasteiger partial charge in [-0.05, 0) is 0 Å². The van der Waals surface area contributed by atoms with E-state index in [1.165, 1.54) is 0 Å². The number of carboxylic acid groups (broad SMARTS) is 1. The van der Waals surface area contributed by atoms with Gasteiger partial charge in [-0.1, -0.05) is 0 Å². The molecule has 3 N–H and O–H groups in total. The van der Waals surface area contributed by atoms with Gasteiger partial charge in [0.2, 0.25) is 0 Å². The minimum absolute atomic E-state index is 0. The Morgan fingerprint density at radius 3 is 2.38 bits per heavy atom. The van der Waals surface area contributed by atoms with Crippen LogP contribution in [0.5, 0.6) is 0 Å². The van der Waals surface area contributed by atoms with E-state index in [0.29, 0.717) is 0 Å². The maximum Gasteiger partial charge on any atom is 2.00 e. The SMILES string of the molecule is O=C(O)CNCO.[H-].[H-].[Mg+2]. The molecular weight excluding hydrogens is 122 g/mol. The van der Waals surface area contributed by atoms with Crippen LogP contribution in [0.25, 0.3) is 0 Å². The van der Waals surface area contributed by atoms with Gasteiger partial charge in [-0.25, -0.2) is 0 Å². The molecule has 0 aromatic rings. The fraction of sp³-hybridized carbons (Fsp3) is 0.667. The Labute approximate surface area is 66.0 Å². The molecule has 46 valence electrons. The van der Waals surface area contributed by atoms with E-state index in [1.807, 2.05) is 0 Å². The molecule has 0 aromatic carbocycles. The first-order chi connectivity index (χ1) is 3.27. The van der Waals surface area contributed by atoms with Gasteiger partial charge in [0, 0.05) is 0 Å². The third kappa shape index (κ3) is 9.48. The van der Waals surface area contributed by atoms with Crippen LogP contribution in [0.15, 0.2) is 0 Å². The molecule has 0 spiro atoms. The van der Waals surface area contributed by atoms with E-state index in [2.05, 4.69) is 5.32 Å². The Morgan fingerprint density at radius 2 is 2.25 bits per heavy atom. The Morgan fingerprint density at radius 1 is 1.75 bits per heavy atom. The average molecular weight is 131 g/mol. The second-order valence-corrected chi connectivity index (χ2v) is 0.979. The van der Waals surface area contributed by atoms with Crippen molar-refractivity contribution in [2.24, 2.45) is 0 Å². The smallest absolute Gasteiger partial charge is 1.00 e. The number of carbonyl (C=O) groups is 1. The maximum atomic E-state index is 9.58. The van der Waals surface area contributed by atoms with Gasteiger partial charge in [-0.3, -0.25) is 10.1 Å². The Hall–Kier alpha value is 0.156. The molecule has 8 heavy (non-hydrogen) atoms. The average Bonchev–Trinajstić information content (AvgIpc) is 1.61. The fourth-order valence-corrected chi connectivity index (χ4v) is 0.163. The van der Waals surface area contributed by atoms with Crippen LogP contribution < -0.4 is 5.32 Å². The third-order valence-electron chi connectivity index (χ3n) is 0.388. The quantitative estimate of drug-likeness (QED) is 0.321. The van der Waals surface area contributed by atoms with E-state index in [1.54, 1.807) is 0 Å². The zero-order chi connectivity index (χ0) is 5.70. The zero-order valence-electron chi connectivity index (χ0n) is 6.42. The number of aliphatic hydroxyl groups is 1. The van der Waals surface area contributed by atoms with E-state index in [4.69, 9.17) is 10.2 Å². The van der Waals surface area contributed by atoms with Crippen LogP contribution in [0, 0.1) is 0 Å². The molecule has 0 unspecified atom stereocenters. The zero-order valence-corrected chi connectivity index (χ0v) is 5.84. The Kier molecular flexibility index (Phi) is 9.86. The molecule has 0 fully saturated rings. The van der Waals surface area contributed by atoms with Crippen molar-refractivity contribution < 1.29 is 17.9 Å². The van der Waals surface area contributed by atoms with Crippen LogP contribution in [-0.4, -0.2) is 52.5 Å². The van der Waals surface area contributed by atoms with Crippen molar-refractivity contribution in [1.29, 1.82) is 0 Å². The summed E-state index contributed by atoms with van der Waals surface area (Å²) in [6, 6.07) is 0. The summed E-state index contributed by atoms with van der Waals surface area (Å²) >= 11 is 0. The number of rotatable bonds is 3. The Balaban J connectivity index is -0.0000000600. The van der Waals surface area contributed by atoms with Crippen molar-refractivity contribution >= 4 is 29.0 Å². The normalized spacial score (nSPS) is 7.62. The number of carboxylic acids is 1. The second kappa shape index (κ2) is 7.16. The van der Waals surface area contributed by atoms with Crippen LogP contribution in [0.3, 0.4) is 0 Å². The summed E-state index contributed by atoms with van der Waals surface area (Å²) < 4.78 is 0. The molecule has 0 aliphatic rings. The molecule has 0 rings (SSSR count). The molecule has 0 heterocycles. The minimum Gasteiger partial charge on any atom is -1.00 e. The van der Waals surface area contributed by atoms with Gasteiger partial charge in [0.15, 0.2) is 0 Å². The molecule has 0 saturated carbocycles. The summed E-state index contributed by atoms with van der Waals surface area (Å²) in [7, 11) is 0. The second-order valence-electron chi connectivity index (χ2n) is 0.979. The first-order valence-electron chi connectivity index (χ1n) is 1.80. The number of hydrogen-bond acceptors (Lipinski definition) is 3. The molecule has 0 aliphatic heterocycles. The molecule has 0 aliphatic carbocycles. The molecule has 0 radical (unpaired) electrons. The van der Waals surface area contributed by atoms with Gasteiger partial charge in [0.25, 0.3) is 0 Å². The summed E-state index contributed by atoms with van der Waals surface area (Å²) in [6.45, 7) is -0.469. The molecule has 0 bridgehead atoms. The van der Waals surface area contributed by atoms with E-state index < -0.39 is 5.97 Å². The van der Waals surface area contributed by atoms with Crippen LogP contribution in [0.1, 0.15) is 2.85 Å². The monoisotopic (exact) mass is 131 g/mol. The topological polar surface area (TPSA) is 69.6 Å². The summed E-state index contributed by atoms with van der Waals surface area (Å²) in [6.07, 6.45) is 0. The standard InChI is InChI=1S/C3H7NO3.Mg.2H/c5-2-4-1-3(6)7;;;/h4-5H,1-2H2,(H,6,7);;;/q;+2;2*-1. The predicted octanol–water partition coefficient (Wildman–Crippen LogP) is -1.55. The van der Waals surface area contributed by atoms with E-state index in [-0.39, 0.29) is 39.2 Å². The van der Waals surface area contributed by atoms with Crippen molar-refractivity contribution in [1.82, 2.24) is 5.32 Å². The van der Waals surface area contributed by atoms with Gasteiger partial charge >= 0.3 is 29.0 Å². The molecule has 0 amide bonds. The molecule has 0 atom stereocenters. The van der Waals surface area contributed by atoms with Crippen LogP contribution >= 0.6 is 0 Å². The van der Waals surface area contributed by atoms with Gasteiger partial charge in [-0.15, -0.1) is 0 Å². The number of aliphatic hydroxyl groups excluding tert-OH is 1. The van der Waals surface area contributed by atoms with E-state index in [9.17, 15) is 4.79 Å². The van der Waals surface area contributed by atoms with E-state index in [0.717, 1.165) is 0 Å². The van der Waals surface area contributed by atoms with Gasteiger partial charge in [-0.2, -0.15) is 0 Å². The van der Waals surface area contributed by atoms with Crippen molar-refractivity contribution in [3.05, 3.63) is 0 Å². The molecular formula is C3H9MgNO3. The van der Waals surface area contributed by atoms with Crippen LogP contribution in [0.4, 0.5) is 0 Å². The number of aliphatic carboxylic acids is 1.